The third-order valence-corrected chi connectivity index (χ3v) is 4.06. The number of tetrazole rings is 1. The Labute approximate surface area is 114 Å². The Hall–Kier alpha value is -2.02. The van der Waals surface area contributed by atoms with Crippen LogP contribution in [0.3, 0.4) is 0 Å². The number of halogens is 1. The first-order valence-electron chi connectivity index (χ1n) is 6.70. The van der Waals surface area contributed by atoms with Crippen LogP contribution in [0.4, 0.5) is 10.1 Å². The molecule has 7 heteroatoms. The summed E-state index contributed by atoms with van der Waals surface area (Å²) in [6, 6.07) is 4.48. The molecule has 0 spiro atoms. The molecule has 2 aromatic rings. The van der Waals surface area contributed by atoms with E-state index < -0.39 is 5.82 Å². The zero-order valence-electron chi connectivity index (χ0n) is 10.7. The van der Waals surface area contributed by atoms with Crippen molar-refractivity contribution in [1.82, 2.24) is 20.2 Å². The molecule has 0 aliphatic carbocycles. The summed E-state index contributed by atoms with van der Waals surface area (Å²) in [5.74, 6) is 0.149. The average molecular weight is 275 g/mol. The van der Waals surface area contributed by atoms with Gasteiger partial charge in [0, 0.05) is 11.3 Å². The monoisotopic (exact) mass is 275 g/mol. The highest BCUT2D eigenvalue weighted by Gasteiger charge is 2.43. The molecule has 0 radical (unpaired) electrons. The molecule has 1 aromatic heterocycles. The molecule has 2 aliphatic rings. The van der Waals surface area contributed by atoms with Crippen LogP contribution in [-0.2, 0) is 4.74 Å². The number of nitrogens with zero attached hydrogens (tertiary/aromatic N) is 4. The van der Waals surface area contributed by atoms with Crippen LogP contribution in [0.1, 0.15) is 25.3 Å². The lowest BCUT2D eigenvalue weighted by Crippen LogP contribution is -2.22. The molecule has 2 bridgehead atoms. The average Bonchev–Trinajstić information content (AvgIpc) is 3.13. The number of nitrogen functional groups attached to an aromatic ring is 1. The molecule has 2 N–H and O–H groups in total. The third kappa shape index (κ3) is 1.77. The van der Waals surface area contributed by atoms with Crippen molar-refractivity contribution in [2.24, 2.45) is 0 Å². The van der Waals surface area contributed by atoms with E-state index in [4.69, 9.17) is 10.5 Å². The highest BCUT2D eigenvalue weighted by molar-refractivity contribution is 5.61. The van der Waals surface area contributed by atoms with Gasteiger partial charge in [-0.05, 0) is 47.9 Å². The Balaban J connectivity index is 1.75. The quantitative estimate of drug-likeness (QED) is 0.841. The highest BCUT2D eigenvalue weighted by atomic mass is 19.1. The van der Waals surface area contributed by atoms with Gasteiger partial charge in [-0.15, -0.1) is 5.10 Å². The summed E-state index contributed by atoms with van der Waals surface area (Å²) in [4.78, 5) is 0. The van der Waals surface area contributed by atoms with Crippen molar-refractivity contribution in [3.63, 3.8) is 0 Å². The molecule has 1 aromatic carbocycles. The van der Waals surface area contributed by atoms with E-state index in [0.717, 1.165) is 19.3 Å². The maximum atomic E-state index is 13.5. The number of benzene rings is 1. The van der Waals surface area contributed by atoms with E-state index in [1.807, 2.05) is 0 Å². The normalized spacial score (nSPS) is 28.1. The summed E-state index contributed by atoms with van der Waals surface area (Å²) in [6.45, 7) is 0. The molecule has 4 rings (SSSR count). The Bertz CT molecular complexity index is 638. The van der Waals surface area contributed by atoms with Gasteiger partial charge < -0.3 is 10.5 Å². The van der Waals surface area contributed by atoms with Crippen molar-refractivity contribution >= 4 is 5.69 Å². The maximum Gasteiger partial charge on any atom is 0.182 e. The molecular formula is C13H14FN5O. The largest absolute Gasteiger partial charge is 0.399 e. The van der Waals surface area contributed by atoms with Gasteiger partial charge in [0.1, 0.15) is 5.82 Å². The smallest absolute Gasteiger partial charge is 0.182 e. The fourth-order valence-electron chi connectivity index (χ4n) is 3.22. The van der Waals surface area contributed by atoms with Crippen molar-refractivity contribution in [2.75, 3.05) is 5.73 Å². The Morgan fingerprint density at radius 1 is 1.30 bits per heavy atom. The lowest BCUT2D eigenvalue weighted by Gasteiger charge is -2.19. The molecule has 104 valence electrons. The number of anilines is 1. The first-order valence-corrected chi connectivity index (χ1v) is 6.70. The summed E-state index contributed by atoms with van der Waals surface area (Å²) >= 11 is 0. The highest BCUT2D eigenvalue weighted by Crippen LogP contribution is 2.42. The molecule has 3 heterocycles. The van der Waals surface area contributed by atoms with Crippen LogP contribution < -0.4 is 5.73 Å². The van der Waals surface area contributed by atoms with Gasteiger partial charge >= 0.3 is 0 Å². The number of hydrogen-bond donors (Lipinski definition) is 1. The van der Waals surface area contributed by atoms with Crippen molar-refractivity contribution in [1.29, 1.82) is 0 Å². The molecule has 6 nitrogen and oxygen atoms in total. The molecular weight excluding hydrogens is 261 g/mol. The number of fused-ring (bicyclic) bond motifs is 2. The van der Waals surface area contributed by atoms with Gasteiger partial charge in [-0.1, -0.05) is 0 Å². The number of nitrogens with two attached hydrogens (primary N) is 1. The predicted octanol–water partition coefficient (Wildman–Crippen LogP) is 1.55. The van der Waals surface area contributed by atoms with Gasteiger partial charge in [0.05, 0.1) is 18.2 Å². The van der Waals surface area contributed by atoms with Crippen LogP contribution in [-0.4, -0.2) is 32.4 Å². The van der Waals surface area contributed by atoms with Gasteiger partial charge in [0.25, 0.3) is 0 Å². The van der Waals surface area contributed by atoms with Crippen LogP contribution in [0.25, 0.3) is 11.4 Å². The van der Waals surface area contributed by atoms with Crippen molar-refractivity contribution in [3.8, 4) is 11.4 Å². The van der Waals surface area contributed by atoms with Gasteiger partial charge in [0.15, 0.2) is 5.82 Å². The molecule has 2 aliphatic heterocycles. The molecule has 0 saturated carbocycles. The third-order valence-electron chi connectivity index (χ3n) is 4.06. The van der Waals surface area contributed by atoms with Gasteiger partial charge in [-0.2, -0.15) is 0 Å². The lowest BCUT2D eigenvalue weighted by atomic mass is 9.95. The minimum absolute atomic E-state index is 0.128. The Morgan fingerprint density at radius 3 is 2.90 bits per heavy atom. The number of hydrogen-bond acceptors (Lipinski definition) is 5. The first-order chi connectivity index (χ1) is 9.70. The standard InChI is InChI=1S/C13H14FN5O/c14-8-3-7(4-9(15)5-8)13-16-17-18-19(13)11-6-10-1-2-12(11)20-10/h3-5,10-12H,1-2,6,15H2. The zero-order valence-corrected chi connectivity index (χ0v) is 10.7. The summed E-state index contributed by atoms with van der Waals surface area (Å²) in [5, 5.41) is 11.8. The van der Waals surface area contributed by atoms with E-state index in [1.54, 1.807) is 10.7 Å². The summed E-state index contributed by atoms with van der Waals surface area (Å²) in [6.07, 6.45) is 3.51. The van der Waals surface area contributed by atoms with Crippen LogP contribution in [0.15, 0.2) is 18.2 Å². The summed E-state index contributed by atoms with van der Waals surface area (Å²) < 4.78 is 21.1. The van der Waals surface area contributed by atoms with Crippen molar-refractivity contribution in [3.05, 3.63) is 24.0 Å². The number of aromatic nitrogens is 4. The number of ether oxygens (including phenoxy) is 1. The number of rotatable bonds is 2. The maximum absolute atomic E-state index is 13.5. The van der Waals surface area contributed by atoms with E-state index >= 15 is 0 Å². The summed E-state index contributed by atoms with van der Waals surface area (Å²) in [5.41, 5.74) is 6.64. The van der Waals surface area contributed by atoms with Crippen LogP contribution in [0.2, 0.25) is 0 Å². The molecule has 2 fully saturated rings. The van der Waals surface area contributed by atoms with E-state index in [-0.39, 0.29) is 12.1 Å². The van der Waals surface area contributed by atoms with Crippen LogP contribution in [0, 0.1) is 5.82 Å². The zero-order chi connectivity index (χ0) is 13.7. The second kappa shape index (κ2) is 4.24. The fourth-order valence-corrected chi connectivity index (χ4v) is 3.22. The second-order valence-corrected chi connectivity index (χ2v) is 5.40. The minimum Gasteiger partial charge on any atom is -0.399 e. The molecule has 20 heavy (non-hydrogen) atoms. The summed E-state index contributed by atoms with van der Waals surface area (Å²) in [7, 11) is 0. The first kappa shape index (κ1) is 11.8. The van der Waals surface area contributed by atoms with E-state index in [2.05, 4.69) is 15.5 Å². The molecule has 0 amide bonds. The molecule has 3 unspecified atom stereocenters. The second-order valence-electron chi connectivity index (χ2n) is 5.40. The molecule has 2 saturated heterocycles. The van der Waals surface area contributed by atoms with E-state index in [1.165, 1.54) is 12.1 Å². The fraction of sp³-hybridized carbons (Fsp3) is 0.462. The Kier molecular flexibility index (Phi) is 2.50. The minimum atomic E-state index is -0.390. The molecule has 3 atom stereocenters. The van der Waals surface area contributed by atoms with Crippen molar-refractivity contribution in [2.45, 2.75) is 37.5 Å². The van der Waals surface area contributed by atoms with E-state index in [9.17, 15) is 4.39 Å². The van der Waals surface area contributed by atoms with Gasteiger partial charge in [-0.3, -0.25) is 0 Å². The predicted molar refractivity (Wildman–Crippen MR) is 69.2 cm³/mol. The van der Waals surface area contributed by atoms with Crippen molar-refractivity contribution < 1.29 is 9.13 Å². The van der Waals surface area contributed by atoms with Gasteiger partial charge in [-0.25, -0.2) is 9.07 Å². The SMILES string of the molecule is Nc1cc(F)cc(-c2nnnn2C2CC3CCC2O3)c1. The Morgan fingerprint density at radius 2 is 2.20 bits per heavy atom. The van der Waals surface area contributed by atoms with Crippen LogP contribution >= 0.6 is 0 Å². The topological polar surface area (TPSA) is 78.9 Å². The lowest BCUT2D eigenvalue weighted by molar-refractivity contribution is 0.0922. The van der Waals surface area contributed by atoms with Crippen LogP contribution in [0.5, 0.6) is 0 Å². The van der Waals surface area contributed by atoms with Gasteiger partial charge in [0.2, 0.25) is 0 Å². The van der Waals surface area contributed by atoms with E-state index in [0.29, 0.717) is 23.2 Å².